The van der Waals surface area contributed by atoms with E-state index in [1.165, 1.54) is 5.56 Å². The number of benzene rings is 2. The van der Waals surface area contributed by atoms with E-state index in [1.54, 1.807) is 0 Å². The van der Waals surface area contributed by atoms with Crippen LogP contribution in [-0.4, -0.2) is 13.2 Å². The van der Waals surface area contributed by atoms with Crippen molar-refractivity contribution in [2.45, 2.75) is 33.9 Å². The van der Waals surface area contributed by atoms with E-state index in [-0.39, 0.29) is 0 Å². The van der Waals surface area contributed by atoms with Crippen LogP contribution < -0.4 is 14.8 Å². The molecular weight excluding hydrogens is 322 g/mol. The summed E-state index contributed by atoms with van der Waals surface area (Å²) in [6.45, 7) is 9.31. The highest BCUT2D eigenvalue weighted by molar-refractivity contribution is 6.30. The molecule has 0 fully saturated rings. The van der Waals surface area contributed by atoms with E-state index in [0.29, 0.717) is 19.1 Å². The Hall–Kier alpha value is -1.71. The lowest BCUT2D eigenvalue weighted by molar-refractivity contribution is 0.269. The molecule has 0 unspecified atom stereocenters. The Kier molecular flexibility index (Phi) is 7.41. The molecule has 0 aliphatic heterocycles. The molecule has 0 bridgehead atoms. The van der Waals surface area contributed by atoms with Crippen molar-refractivity contribution in [3.63, 3.8) is 0 Å². The fraction of sp³-hybridized carbons (Fsp3) is 0.400. The molecule has 2 aromatic rings. The molecular formula is C20H26ClNO2. The normalized spacial score (nSPS) is 10.9. The molecule has 0 aliphatic carbocycles. The number of ether oxygens (including phenoxy) is 2. The second kappa shape index (κ2) is 9.55. The van der Waals surface area contributed by atoms with Gasteiger partial charge in [0.15, 0.2) is 11.5 Å². The average Bonchev–Trinajstić information content (AvgIpc) is 2.55. The van der Waals surface area contributed by atoms with Gasteiger partial charge in [0.2, 0.25) is 0 Å². The quantitative estimate of drug-likeness (QED) is 0.687. The minimum Gasteiger partial charge on any atom is -0.490 e. The van der Waals surface area contributed by atoms with Crippen LogP contribution in [0.2, 0.25) is 5.02 Å². The predicted molar refractivity (Wildman–Crippen MR) is 99.9 cm³/mol. The van der Waals surface area contributed by atoms with Crippen molar-refractivity contribution in [3.05, 3.63) is 58.6 Å². The van der Waals surface area contributed by atoms with Crippen LogP contribution in [0.25, 0.3) is 0 Å². The molecule has 24 heavy (non-hydrogen) atoms. The third-order valence-corrected chi connectivity index (χ3v) is 3.75. The zero-order chi connectivity index (χ0) is 17.4. The van der Waals surface area contributed by atoms with E-state index in [4.69, 9.17) is 21.1 Å². The molecule has 2 aromatic carbocycles. The predicted octanol–water partition coefficient (Wildman–Crippen LogP) is 5.06. The molecule has 0 atom stereocenters. The zero-order valence-electron chi connectivity index (χ0n) is 14.6. The average molecular weight is 348 g/mol. The minimum absolute atomic E-state index is 0.488. The molecule has 0 amide bonds. The van der Waals surface area contributed by atoms with Crippen molar-refractivity contribution in [3.8, 4) is 11.5 Å². The Morgan fingerprint density at radius 1 is 0.958 bits per heavy atom. The Morgan fingerprint density at radius 3 is 2.33 bits per heavy atom. The van der Waals surface area contributed by atoms with Gasteiger partial charge in [0.1, 0.15) is 6.61 Å². The summed E-state index contributed by atoms with van der Waals surface area (Å²) in [7, 11) is 0. The second-order valence-corrected chi connectivity index (χ2v) is 6.59. The van der Waals surface area contributed by atoms with Crippen LogP contribution in [-0.2, 0) is 13.2 Å². The van der Waals surface area contributed by atoms with Gasteiger partial charge in [-0.15, -0.1) is 0 Å². The zero-order valence-corrected chi connectivity index (χ0v) is 15.4. The van der Waals surface area contributed by atoms with Gasteiger partial charge in [0.25, 0.3) is 0 Å². The molecule has 0 spiro atoms. The summed E-state index contributed by atoms with van der Waals surface area (Å²) in [6, 6.07) is 13.8. The number of hydrogen-bond acceptors (Lipinski definition) is 3. The fourth-order valence-electron chi connectivity index (χ4n) is 2.30. The number of rotatable bonds is 9. The van der Waals surface area contributed by atoms with E-state index in [1.807, 2.05) is 43.3 Å². The first-order chi connectivity index (χ1) is 11.6. The Labute approximate surface area is 149 Å². The lowest BCUT2D eigenvalue weighted by Gasteiger charge is -2.14. The van der Waals surface area contributed by atoms with Crippen LogP contribution in [0, 0.1) is 5.92 Å². The Bertz CT molecular complexity index is 626. The maximum absolute atomic E-state index is 5.92. The van der Waals surface area contributed by atoms with Crippen molar-refractivity contribution < 1.29 is 9.47 Å². The van der Waals surface area contributed by atoms with Gasteiger partial charge >= 0.3 is 0 Å². The number of halogens is 1. The molecule has 0 saturated heterocycles. The summed E-state index contributed by atoms with van der Waals surface area (Å²) in [6.07, 6.45) is 0. The largest absolute Gasteiger partial charge is 0.490 e. The van der Waals surface area contributed by atoms with E-state index < -0.39 is 0 Å². The molecule has 0 saturated carbocycles. The fourth-order valence-corrected chi connectivity index (χ4v) is 2.42. The lowest BCUT2D eigenvalue weighted by atomic mass is 10.1. The van der Waals surface area contributed by atoms with E-state index >= 15 is 0 Å². The Morgan fingerprint density at radius 2 is 1.67 bits per heavy atom. The SMILES string of the molecule is CCOc1cc(CNCC(C)C)ccc1OCc1ccc(Cl)cc1. The standard InChI is InChI=1S/C20H26ClNO2/c1-4-23-20-11-17(13-22-12-15(2)3)7-10-19(20)24-14-16-5-8-18(21)9-6-16/h5-11,15,22H,4,12-14H2,1-3H3. The molecule has 0 radical (unpaired) electrons. The van der Waals surface area contributed by atoms with Crippen LogP contribution in [0.4, 0.5) is 0 Å². The first-order valence-corrected chi connectivity index (χ1v) is 8.80. The van der Waals surface area contributed by atoms with Gasteiger partial charge in [-0.25, -0.2) is 0 Å². The topological polar surface area (TPSA) is 30.5 Å². The summed E-state index contributed by atoms with van der Waals surface area (Å²) in [5, 5.41) is 4.17. The molecule has 130 valence electrons. The monoisotopic (exact) mass is 347 g/mol. The molecule has 1 N–H and O–H groups in total. The smallest absolute Gasteiger partial charge is 0.161 e. The second-order valence-electron chi connectivity index (χ2n) is 6.15. The number of hydrogen-bond donors (Lipinski definition) is 1. The first-order valence-electron chi connectivity index (χ1n) is 8.42. The highest BCUT2D eigenvalue weighted by atomic mass is 35.5. The summed E-state index contributed by atoms with van der Waals surface area (Å²) >= 11 is 5.91. The Balaban J connectivity index is 2.01. The van der Waals surface area contributed by atoms with Gasteiger partial charge in [0, 0.05) is 11.6 Å². The van der Waals surface area contributed by atoms with Crippen molar-refractivity contribution >= 4 is 11.6 Å². The van der Waals surface area contributed by atoms with E-state index in [0.717, 1.165) is 35.2 Å². The molecule has 2 rings (SSSR count). The van der Waals surface area contributed by atoms with Gasteiger partial charge in [-0.2, -0.15) is 0 Å². The molecule has 0 aromatic heterocycles. The molecule has 4 heteroatoms. The van der Waals surface area contributed by atoms with Gasteiger partial charge < -0.3 is 14.8 Å². The molecule has 0 heterocycles. The van der Waals surface area contributed by atoms with Crippen LogP contribution >= 0.6 is 11.6 Å². The van der Waals surface area contributed by atoms with E-state index in [9.17, 15) is 0 Å². The van der Waals surface area contributed by atoms with Crippen molar-refractivity contribution in [1.82, 2.24) is 5.32 Å². The summed E-state index contributed by atoms with van der Waals surface area (Å²) in [5.41, 5.74) is 2.27. The van der Waals surface area contributed by atoms with Crippen LogP contribution in [0.3, 0.4) is 0 Å². The van der Waals surface area contributed by atoms with Gasteiger partial charge in [-0.1, -0.05) is 43.6 Å². The highest BCUT2D eigenvalue weighted by Crippen LogP contribution is 2.29. The maximum Gasteiger partial charge on any atom is 0.161 e. The van der Waals surface area contributed by atoms with Crippen molar-refractivity contribution in [2.24, 2.45) is 5.92 Å². The summed E-state index contributed by atoms with van der Waals surface area (Å²) in [4.78, 5) is 0. The third kappa shape index (κ3) is 6.06. The van der Waals surface area contributed by atoms with E-state index in [2.05, 4.69) is 25.2 Å². The third-order valence-electron chi connectivity index (χ3n) is 3.50. The molecule has 0 aliphatic rings. The van der Waals surface area contributed by atoms with Crippen LogP contribution in [0.5, 0.6) is 11.5 Å². The maximum atomic E-state index is 5.92. The van der Waals surface area contributed by atoms with Gasteiger partial charge in [-0.3, -0.25) is 0 Å². The highest BCUT2D eigenvalue weighted by Gasteiger charge is 2.07. The summed E-state index contributed by atoms with van der Waals surface area (Å²) in [5.74, 6) is 2.19. The van der Waals surface area contributed by atoms with Crippen molar-refractivity contribution in [2.75, 3.05) is 13.2 Å². The summed E-state index contributed by atoms with van der Waals surface area (Å²) < 4.78 is 11.7. The first kappa shape index (κ1) is 18.6. The van der Waals surface area contributed by atoms with Crippen molar-refractivity contribution in [1.29, 1.82) is 0 Å². The molecule has 3 nitrogen and oxygen atoms in total. The minimum atomic E-state index is 0.488. The van der Waals surface area contributed by atoms with Gasteiger partial charge in [0.05, 0.1) is 6.61 Å². The number of nitrogens with one attached hydrogen (secondary N) is 1. The van der Waals surface area contributed by atoms with Crippen LogP contribution in [0.15, 0.2) is 42.5 Å². The van der Waals surface area contributed by atoms with Gasteiger partial charge in [-0.05, 0) is 54.8 Å². The lowest BCUT2D eigenvalue weighted by Crippen LogP contribution is -2.19. The van der Waals surface area contributed by atoms with Crippen LogP contribution in [0.1, 0.15) is 31.9 Å².